The molecule has 1 aliphatic heterocycles. The van der Waals surface area contributed by atoms with Gasteiger partial charge < -0.3 is 24.3 Å². The zero-order valence-corrected chi connectivity index (χ0v) is 15.7. The molecule has 28 heavy (non-hydrogen) atoms. The number of hydrogen-bond acceptors (Lipinski definition) is 5. The van der Waals surface area contributed by atoms with Crippen LogP contribution in [0.5, 0.6) is 23.0 Å². The van der Waals surface area contributed by atoms with Crippen molar-refractivity contribution >= 4 is 17.5 Å². The maximum Gasteiger partial charge on any atom is 0.387 e. The second kappa shape index (κ2) is 8.97. The molecule has 1 amide bonds. The van der Waals surface area contributed by atoms with E-state index in [2.05, 4.69) is 10.1 Å². The third-order valence-corrected chi connectivity index (χ3v) is 4.24. The van der Waals surface area contributed by atoms with E-state index in [4.69, 9.17) is 25.8 Å². The van der Waals surface area contributed by atoms with E-state index >= 15 is 0 Å². The molecule has 3 rings (SSSR count). The Morgan fingerprint density at radius 2 is 2.00 bits per heavy atom. The first kappa shape index (κ1) is 20.0. The van der Waals surface area contributed by atoms with Crippen molar-refractivity contribution in [3.8, 4) is 23.0 Å². The van der Waals surface area contributed by atoms with Crippen molar-refractivity contribution in [2.45, 2.75) is 19.6 Å². The first-order valence-corrected chi connectivity index (χ1v) is 8.85. The minimum absolute atomic E-state index is 0.0339. The van der Waals surface area contributed by atoms with Gasteiger partial charge in [0, 0.05) is 18.5 Å². The van der Waals surface area contributed by atoms with Gasteiger partial charge in [0.05, 0.1) is 25.3 Å². The van der Waals surface area contributed by atoms with Crippen LogP contribution in [-0.2, 0) is 6.54 Å². The third-order valence-electron chi connectivity index (χ3n) is 3.96. The number of carbonyl (C=O) groups excluding carboxylic acids is 1. The molecular formula is C19H18ClF2NO5. The maximum atomic E-state index is 12.4. The molecule has 2 aromatic rings. The number of halogens is 3. The molecular weight excluding hydrogens is 396 g/mol. The smallest absolute Gasteiger partial charge is 0.387 e. The summed E-state index contributed by atoms with van der Waals surface area (Å²) in [7, 11) is 1.30. The molecule has 0 fully saturated rings. The Morgan fingerprint density at radius 3 is 2.75 bits per heavy atom. The Kier molecular flexibility index (Phi) is 6.41. The molecule has 6 nitrogen and oxygen atoms in total. The second-order valence-corrected chi connectivity index (χ2v) is 6.29. The summed E-state index contributed by atoms with van der Waals surface area (Å²) in [4.78, 5) is 12.4. The molecule has 0 atom stereocenters. The van der Waals surface area contributed by atoms with Gasteiger partial charge in [0.1, 0.15) is 0 Å². The molecule has 2 aromatic carbocycles. The number of hydrogen-bond donors (Lipinski definition) is 1. The van der Waals surface area contributed by atoms with E-state index in [1.54, 1.807) is 12.1 Å². The predicted molar refractivity (Wildman–Crippen MR) is 97.9 cm³/mol. The molecule has 0 radical (unpaired) electrons. The van der Waals surface area contributed by atoms with Crippen molar-refractivity contribution in [1.29, 1.82) is 0 Å². The van der Waals surface area contributed by atoms with Crippen molar-refractivity contribution in [3.05, 3.63) is 46.5 Å². The van der Waals surface area contributed by atoms with Crippen LogP contribution in [0.4, 0.5) is 8.78 Å². The van der Waals surface area contributed by atoms with Gasteiger partial charge in [-0.2, -0.15) is 8.78 Å². The zero-order valence-electron chi connectivity index (χ0n) is 15.0. The van der Waals surface area contributed by atoms with Gasteiger partial charge in [-0.25, -0.2) is 0 Å². The first-order chi connectivity index (χ1) is 13.5. The molecule has 0 saturated heterocycles. The zero-order chi connectivity index (χ0) is 20.1. The largest absolute Gasteiger partial charge is 0.493 e. The lowest BCUT2D eigenvalue weighted by molar-refractivity contribution is -0.0512. The number of carbonyl (C=O) groups is 1. The number of benzene rings is 2. The van der Waals surface area contributed by atoms with Crippen LogP contribution in [0.3, 0.4) is 0 Å². The van der Waals surface area contributed by atoms with Crippen LogP contribution in [0, 0.1) is 0 Å². The van der Waals surface area contributed by atoms with Gasteiger partial charge in [-0.05, 0) is 35.9 Å². The van der Waals surface area contributed by atoms with E-state index in [1.165, 1.54) is 25.3 Å². The highest BCUT2D eigenvalue weighted by Crippen LogP contribution is 2.38. The first-order valence-electron chi connectivity index (χ1n) is 8.47. The van der Waals surface area contributed by atoms with Crippen LogP contribution in [-0.4, -0.2) is 32.8 Å². The van der Waals surface area contributed by atoms with Gasteiger partial charge >= 0.3 is 6.61 Å². The molecule has 0 bridgehead atoms. The van der Waals surface area contributed by atoms with Crippen molar-refractivity contribution in [2.75, 3.05) is 20.3 Å². The monoisotopic (exact) mass is 413 g/mol. The van der Waals surface area contributed by atoms with E-state index in [1.807, 2.05) is 0 Å². The lowest BCUT2D eigenvalue weighted by atomic mass is 10.1. The molecule has 0 aliphatic carbocycles. The van der Waals surface area contributed by atoms with Crippen molar-refractivity contribution in [2.24, 2.45) is 0 Å². The van der Waals surface area contributed by atoms with E-state index in [9.17, 15) is 13.6 Å². The van der Waals surface area contributed by atoms with Gasteiger partial charge in [0.25, 0.3) is 5.91 Å². The lowest BCUT2D eigenvalue weighted by Gasteiger charge is -2.13. The minimum atomic E-state index is -2.99. The van der Waals surface area contributed by atoms with E-state index in [-0.39, 0.29) is 23.6 Å². The molecule has 150 valence electrons. The number of nitrogens with one attached hydrogen (secondary N) is 1. The average Bonchev–Trinajstić information content (AvgIpc) is 2.92. The lowest BCUT2D eigenvalue weighted by Crippen LogP contribution is -2.23. The fourth-order valence-corrected chi connectivity index (χ4v) is 2.96. The van der Waals surface area contributed by atoms with E-state index in [0.717, 1.165) is 12.0 Å². The highest BCUT2D eigenvalue weighted by atomic mass is 35.5. The van der Waals surface area contributed by atoms with Gasteiger partial charge in [-0.15, -0.1) is 0 Å². The van der Waals surface area contributed by atoms with Crippen LogP contribution >= 0.6 is 11.6 Å². The SMILES string of the molecule is COc1cc(C(=O)NCc2cc(Cl)c3c(c2)OCCCO3)ccc1OC(F)F. The van der Waals surface area contributed by atoms with Crippen LogP contribution in [0.1, 0.15) is 22.3 Å². The number of alkyl halides is 2. The van der Waals surface area contributed by atoms with E-state index in [0.29, 0.717) is 29.7 Å². The molecule has 0 saturated carbocycles. The standard InChI is InChI=1S/C19H18ClF2NO5/c1-25-15-9-12(3-4-14(15)28-19(21)22)18(24)23-10-11-7-13(20)17-16(8-11)26-5-2-6-27-17/h3-4,7-9,19H,2,5-6,10H2,1H3,(H,23,24). The normalized spacial score (nSPS) is 13.0. The maximum absolute atomic E-state index is 12.4. The summed E-state index contributed by atoms with van der Waals surface area (Å²) in [5.41, 5.74) is 0.964. The second-order valence-electron chi connectivity index (χ2n) is 5.88. The van der Waals surface area contributed by atoms with Crippen LogP contribution in [0.25, 0.3) is 0 Å². The molecule has 0 aromatic heterocycles. The Morgan fingerprint density at radius 1 is 1.21 bits per heavy atom. The number of ether oxygens (including phenoxy) is 4. The molecule has 1 aliphatic rings. The Labute approximate surface area is 165 Å². The summed E-state index contributed by atoms with van der Waals surface area (Å²) < 4.78 is 45.3. The minimum Gasteiger partial charge on any atom is -0.493 e. The summed E-state index contributed by atoms with van der Waals surface area (Å²) in [6, 6.07) is 7.40. The molecule has 1 N–H and O–H groups in total. The summed E-state index contributed by atoms with van der Waals surface area (Å²) in [6.07, 6.45) is 0.754. The number of fused-ring (bicyclic) bond motifs is 1. The Hall–Kier alpha value is -2.74. The Bertz CT molecular complexity index is 862. The summed E-state index contributed by atoms with van der Waals surface area (Å²) in [5, 5.41) is 3.14. The summed E-state index contributed by atoms with van der Waals surface area (Å²) in [6.45, 7) is -1.76. The summed E-state index contributed by atoms with van der Waals surface area (Å²) >= 11 is 6.24. The number of amides is 1. The third kappa shape index (κ3) is 4.75. The van der Waals surface area contributed by atoms with E-state index < -0.39 is 12.5 Å². The molecule has 1 heterocycles. The van der Waals surface area contributed by atoms with Crippen LogP contribution in [0.2, 0.25) is 5.02 Å². The Balaban J connectivity index is 1.70. The fourth-order valence-electron chi connectivity index (χ4n) is 2.67. The van der Waals surface area contributed by atoms with Crippen molar-refractivity contribution < 1.29 is 32.5 Å². The average molecular weight is 414 g/mol. The highest BCUT2D eigenvalue weighted by molar-refractivity contribution is 6.32. The van der Waals surface area contributed by atoms with Crippen LogP contribution < -0.4 is 24.3 Å². The predicted octanol–water partition coefficient (Wildman–Crippen LogP) is 4.04. The van der Waals surface area contributed by atoms with Gasteiger partial charge in [-0.3, -0.25) is 4.79 Å². The van der Waals surface area contributed by atoms with Crippen molar-refractivity contribution in [1.82, 2.24) is 5.32 Å². The van der Waals surface area contributed by atoms with Gasteiger partial charge in [0.2, 0.25) is 0 Å². The van der Waals surface area contributed by atoms with Gasteiger partial charge in [-0.1, -0.05) is 11.6 Å². The highest BCUT2D eigenvalue weighted by Gasteiger charge is 2.17. The van der Waals surface area contributed by atoms with Crippen molar-refractivity contribution in [3.63, 3.8) is 0 Å². The molecule has 0 unspecified atom stereocenters. The summed E-state index contributed by atoms with van der Waals surface area (Å²) in [5.74, 6) is 0.499. The number of methoxy groups -OCH3 is 1. The molecule has 9 heteroatoms. The van der Waals surface area contributed by atoms with Gasteiger partial charge in [0.15, 0.2) is 23.0 Å². The fraction of sp³-hybridized carbons (Fsp3) is 0.316. The molecule has 0 spiro atoms. The number of rotatable bonds is 6. The topological polar surface area (TPSA) is 66.0 Å². The quantitative estimate of drug-likeness (QED) is 0.774. The van der Waals surface area contributed by atoms with Crippen LogP contribution in [0.15, 0.2) is 30.3 Å².